The first kappa shape index (κ1) is 35.9. The van der Waals surface area contributed by atoms with Crippen LogP contribution < -0.4 is 0 Å². The minimum atomic E-state index is -2.32. The summed E-state index contributed by atoms with van der Waals surface area (Å²) in [4.78, 5) is 53.5. The number of aliphatic hydroxyl groups is 2. The smallest absolute Gasteiger partial charge is 0.335 e. The second-order valence-electron chi connectivity index (χ2n) is 15.6. The van der Waals surface area contributed by atoms with E-state index in [4.69, 9.17) is 4.42 Å². The summed E-state index contributed by atoms with van der Waals surface area (Å²) in [6.45, 7) is 9.39. The number of allylic oxidation sites excluding steroid dienone is 3. The SMILES string of the molecule is CC1(C)C(c2ccc(C(=O)O)cc2)=CC[C@]2(C)CN(C(=O)c3ccc(C(=O)N4CC=C5C(O)(O)C(c6ccc(C(=O)O)cc6)=CC[C@]5(C)C4)o3)CC=C12. The summed E-state index contributed by atoms with van der Waals surface area (Å²) in [5.74, 6) is -5.04. The van der Waals surface area contributed by atoms with Crippen LogP contribution in [0.25, 0.3) is 11.1 Å². The van der Waals surface area contributed by atoms with Gasteiger partial charge in [0, 0.05) is 48.0 Å². The van der Waals surface area contributed by atoms with Gasteiger partial charge in [-0.3, -0.25) is 9.59 Å². The maximum atomic E-state index is 13.8. The van der Waals surface area contributed by atoms with Crippen molar-refractivity contribution in [3.63, 3.8) is 0 Å². The molecule has 0 spiro atoms. The molecule has 4 N–H and O–H groups in total. The number of carbonyl (C=O) groups is 4. The fourth-order valence-electron chi connectivity index (χ4n) is 8.87. The second-order valence-corrected chi connectivity index (χ2v) is 15.6. The van der Waals surface area contributed by atoms with Gasteiger partial charge in [-0.05, 0) is 71.5 Å². The van der Waals surface area contributed by atoms with Gasteiger partial charge in [-0.25, -0.2) is 9.59 Å². The molecule has 0 unspecified atom stereocenters. The van der Waals surface area contributed by atoms with Gasteiger partial charge in [0.2, 0.25) is 5.79 Å². The van der Waals surface area contributed by atoms with E-state index in [1.807, 2.05) is 19.1 Å². The number of amides is 2. The van der Waals surface area contributed by atoms with E-state index in [0.717, 1.165) is 11.1 Å². The molecule has 2 aliphatic heterocycles. The lowest BCUT2D eigenvalue weighted by Crippen LogP contribution is -2.52. The Morgan fingerprint density at radius 1 is 0.585 bits per heavy atom. The Morgan fingerprint density at radius 2 is 1.00 bits per heavy atom. The second kappa shape index (κ2) is 12.6. The van der Waals surface area contributed by atoms with E-state index >= 15 is 0 Å². The Bertz CT molecular complexity index is 2010. The topological polar surface area (TPSA) is 169 Å². The summed E-state index contributed by atoms with van der Waals surface area (Å²) in [6.07, 6.45) is 8.73. The molecule has 11 heteroatoms. The Hall–Kier alpha value is -5.52. The number of hydrogen-bond donors (Lipinski definition) is 4. The highest BCUT2D eigenvalue weighted by Crippen LogP contribution is 2.55. The maximum absolute atomic E-state index is 13.8. The monoisotopic (exact) mass is 718 g/mol. The number of fused-ring (bicyclic) bond motifs is 2. The number of benzene rings is 2. The third-order valence-corrected chi connectivity index (χ3v) is 11.5. The van der Waals surface area contributed by atoms with Crippen LogP contribution in [0.2, 0.25) is 0 Å². The van der Waals surface area contributed by atoms with Crippen molar-refractivity contribution in [1.82, 2.24) is 9.80 Å². The van der Waals surface area contributed by atoms with E-state index < -0.39 is 29.0 Å². The van der Waals surface area contributed by atoms with Crippen LogP contribution in [0.15, 0.2) is 101 Å². The molecule has 53 heavy (non-hydrogen) atoms. The zero-order valence-corrected chi connectivity index (χ0v) is 30.1. The Labute approximate surface area is 306 Å². The van der Waals surface area contributed by atoms with E-state index in [0.29, 0.717) is 37.1 Å². The summed E-state index contributed by atoms with van der Waals surface area (Å²) in [5.41, 5.74) is 3.21. The van der Waals surface area contributed by atoms with Gasteiger partial charge in [0.1, 0.15) is 0 Å². The largest absolute Gasteiger partial charge is 0.478 e. The van der Waals surface area contributed by atoms with Gasteiger partial charge in [0.15, 0.2) is 11.5 Å². The highest BCUT2D eigenvalue weighted by atomic mass is 16.5. The van der Waals surface area contributed by atoms with Gasteiger partial charge in [-0.1, -0.05) is 81.8 Å². The average molecular weight is 719 g/mol. The van der Waals surface area contributed by atoms with Crippen LogP contribution >= 0.6 is 0 Å². The summed E-state index contributed by atoms with van der Waals surface area (Å²) in [5, 5.41) is 41.3. The zero-order valence-electron chi connectivity index (χ0n) is 30.1. The number of nitrogens with zero attached hydrogens (tertiary/aromatic N) is 2. The molecule has 0 saturated heterocycles. The van der Waals surface area contributed by atoms with E-state index in [1.54, 1.807) is 46.2 Å². The van der Waals surface area contributed by atoms with Crippen molar-refractivity contribution in [3.05, 3.63) is 130 Å². The molecule has 1 aromatic heterocycles. The third kappa shape index (κ3) is 6.03. The maximum Gasteiger partial charge on any atom is 0.335 e. The molecule has 0 bridgehead atoms. The molecule has 0 radical (unpaired) electrons. The first-order valence-electron chi connectivity index (χ1n) is 17.6. The van der Waals surface area contributed by atoms with Crippen molar-refractivity contribution in [2.45, 2.75) is 46.3 Å². The van der Waals surface area contributed by atoms with Crippen LogP contribution in [0.4, 0.5) is 0 Å². The van der Waals surface area contributed by atoms with Crippen molar-refractivity contribution in [1.29, 1.82) is 0 Å². The van der Waals surface area contributed by atoms with Gasteiger partial charge >= 0.3 is 11.9 Å². The van der Waals surface area contributed by atoms with Gasteiger partial charge in [-0.2, -0.15) is 0 Å². The lowest BCUT2D eigenvalue weighted by molar-refractivity contribution is -0.0957. The van der Waals surface area contributed by atoms with Crippen molar-refractivity contribution < 1.29 is 44.0 Å². The number of furan rings is 1. The van der Waals surface area contributed by atoms with Crippen LogP contribution in [0.5, 0.6) is 0 Å². The summed E-state index contributed by atoms with van der Waals surface area (Å²) in [7, 11) is 0. The predicted molar refractivity (Wildman–Crippen MR) is 196 cm³/mol. The summed E-state index contributed by atoms with van der Waals surface area (Å²) < 4.78 is 5.91. The molecule has 3 aromatic rings. The zero-order chi connectivity index (χ0) is 38.1. The molecule has 2 aliphatic carbocycles. The summed E-state index contributed by atoms with van der Waals surface area (Å²) in [6, 6.07) is 15.9. The molecule has 2 atom stereocenters. The van der Waals surface area contributed by atoms with Crippen molar-refractivity contribution in [2.75, 3.05) is 26.2 Å². The molecule has 0 saturated carbocycles. The molecule has 4 aliphatic rings. The van der Waals surface area contributed by atoms with Crippen LogP contribution in [0.1, 0.15) is 93.5 Å². The normalized spacial score (nSPS) is 24.5. The van der Waals surface area contributed by atoms with Gasteiger partial charge in [0.05, 0.1) is 11.1 Å². The van der Waals surface area contributed by atoms with Crippen LogP contribution in [-0.2, 0) is 0 Å². The van der Waals surface area contributed by atoms with Crippen molar-refractivity contribution in [2.24, 2.45) is 16.2 Å². The Kier molecular flexibility index (Phi) is 8.50. The number of carboxylic acids is 2. The lowest BCUT2D eigenvalue weighted by atomic mass is 9.58. The Balaban J connectivity index is 1.04. The molecule has 11 nitrogen and oxygen atoms in total. The van der Waals surface area contributed by atoms with E-state index in [9.17, 15) is 39.6 Å². The van der Waals surface area contributed by atoms with Gasteiger partial charge in [-0.15, -0.1) is 0 Å². The Morgan fingerprint density at radius 3 is 1.47 bits per heavy atom. The summed E-state index contributed by atoms with van der Waals surface area (Å²) >= 11 is 0. The molecule has 0 fully saturated rings. The molecular weight excluding hydrogens is 676 g/mol. The number of hydrogen-bond acceptors (Lipinski definition) is 7. The van der Waals surface area contributed by atoms with E-state index in [-0.39, 0.29) is 58.0 Å². The van der Waals surface area contributed by atoms with Crippen LogP contribution in [-0.4, -0.2) is 85.9 Å². The predicted octanol–water partition coefficient (Wildman–Crippen LogP) is 6.13. The lowest BCUT2D eigenvalue weighted by Gasteiger charge is -2.50. The fraction of sp³-hybridized carbons (Fsp3) is 0.333. The number of aromatic carboxylic acids is 2. The molecule has 2 aromatic carbocycles. The molecule has 2 amide bonds. The van der Waals surface area contributed by atoms with Gasteiger partial charge in [0.25, 0.3) is 11.8 Å². The number of rotatable bonds is 6. The average Bonchev–Trinajstić information content (AvgIpc) is 3.61. The van der Waals surface area contributed by atoms with Crippen molar-refractivity contribution in [3.8, 4) is 0 Å². The minimum Gasteiger partial charge on any atom is -0.478 e. The number of carbonyl (C=O) groups excluding carboxylic acids is 2. The first-order valence-corrected chi connectivity index (χ1v) is 17.6. The standard InChI is InChI=1S/C42H42N2O9/c1-39(2)29(25-5-9-27(10-6-25)37(47)48)15-19-40(3)23-43(21-17-33(39)40)35(45)31-13-14-32(53-31)36(46)44-22-18-34-41(4,24-44)20-16-30(42(34,51)52)26-7-11-28(12-8-26)38(49)50/h5-18,51-52H,19-24H2,1-4H3,(H,47,48)(H,49,50)/t40-,41-/m1/s1. The molecule has 274 valence electrons. The van der Waals surface area contributed by atoms with E-state index in [1.165, 1.54) is 29.8 Å². The molecular formula is C42H42N2O9. The van der Waals surface area contributed by atoms with E-state index in [2.05, 4.69) is 32.9 Å². The molecule has 7 rings (SSSR count). The minimum absolute atomic E-state index is 0.0124. The van der Waals surface area contributed by atoms with Crippen LogP contribution in [0.3, 0.4) is 0 Å². The van der Waals surface area contributed by atoms with Gasteiger partial charge < -0.3 is 34.6 Å². The van der Waals surface area contributed by atoms with Crippen molar-refractivity contribution >= 4 is 34.9 Å². The van der Waals surface area contributed by atoms with Crippen LogP contribution in [0, 0.1) is 16.2 Å². The highest BCUT2D eigenvalue weighted by Gasteiger charge is 2.50. The third-order valence-electron chi connectivity index (χ3n) is 11.5. The number of carboxylic acid groups (broad SMARTS) is 2. The highest BCUT2D eigenvalue weighted by molar-refractivity contribution is 5.96. The fourth-order valence-corrected chi connectivity index (χ4v) is 8.87. The first-order chi connectivity index (χ1) is 24.9. The molecule has 3 heterocycles. The quantitative estimate of drug-likeness (QED) is 0.173.